The number of carbonyl (C=O) groups excluding carboxylic acids is 1. The van der Waals surface area contributed by atoms with Gasteiger partial charge in [-0.1, -0.05) is 231 Å². The maximum Gasteiger partial charge on any atom is 0.220 e. The van der Waals surface area contributed by atoms with Crippen LogP contribution in [0.3, 0.4) is 0 Å². The summed E-state index contributed by atoms with van der Waals surface area (Å²) in [5.74, 6) is -0.246. The smallest absolute Gasteiger partial charge is 0.220 e. The summed E-state index contributed by atoms with van der Waals surface area (Å²) in [5, 5.41) is 86.9. The third-order valence-electron chi connectivity index (χ3n) is 14.6. The van der Waals surface area contributed by atoms with E-state index in [2.05, 4.69) is 31.3 Å². The van der Waals surface area contributed by atoms with Crippen molar-refractivity contribution in [2.75, 3.05) is 19.8 Å². The van der Waals surface area contributed by atoms with E-state index in [9.17, 15) is 45.6 Å². The average molecular weight is 1030 g/mol. The van der Waals surface area contributed by atoms with Gasteiger partial charge in [-0.25, -0.2) is 0 Å². The molecule has 0 bridgehead atoms. The molecule has 2 saturated heterocycles. The van der Waals surface area contributed by atoms with Gasteiger partial charge in [-0.05, 0) is 32.1 Å². The van der Waals surface area contributed by atoms with Crippen LogP contribution in [-0.2, 0) is 23.7 Å². The van der Waals surface area contributed by atoms with Crippen molar-refractivity contribution in [1.82, 2.24) is 5.32 Å². The number of nitrogens with one attached hydrogen (secondary N) is 1. The molecule has 9 N–H and O–H groups in total. The zero-order valence-corrected chi connectivity index (χ0v) is 45.4. The second-order valence-electron chi connectivity index (χ2n) is 21.1. The van der Waals surface area contributed by atoms with Crippen molar-refractivity contribution < 1.29 is 64.6 Å². The Morgan fingerprint density at radius 1 is 0.486 bits per heavy atom. The molecule has 14 nitrogen and oxygen atoms in total. The highest BCUT2D eigenvalue weighted by Crippen LogP contribution is 2.30. The normalized spacial score (nSPS) is 25.7. The van der Waals surface area contributed by atoms with Gasteiger partial charge >= 0.3 is 0 Å². The number of hydrogen-bond donors (Lipinski definition) is 9. The largest absolute Gasteiger partial charge is 0.394 e. The molecular weight excluding hydrogens is 919 g/mol. The predicted octanol–water partition coefficient (Wildman–Crippen LogP) is 9.67. The van der Waals surface area contributed by atoms with E-state index in [1.165, 1.54) is 180 Å². The van der Waals surface area contributed by atoms with Crippen molar-refractivity contribution >= 4 is 5.91 Å². The van der Waals surface area contributed by atoms with Gasteiger partial charge in [0.1, 0.15) is 48.8 Å². The lowest BCUT2D eigenvalue weighted by Crippen LogP contribution is -2.65. The fourth-order valence-corrected chi connectivity index (χ4v) is 9.84. The number of unbranched alkanes of at least 4 members (excludes halogenated alkanes) is 32. The Bertz CT molecular complexity index is 1300. The molecule has 2 rings (SSSR count). The van der Waals surface area contributed by atoms with Crippen LogP contribution in [0.25, 0.3) is 0 Å². The molecule has 0 aromatic heterocycles. The maximum absolute atomic E-state index is 13.2. The van der Waals surface area contributed by atoms with Crippen LogP contribution < -0.4 is 5.32 Å². The van der Waals surface area contributed by atoms with Crippen LogP contribution in [0.1, 0.15) is 245 Å². The quantitative estimate of drug-likeness (QED) is 0.0205. The van der Waals surface area contributed by atoms with Gasteiger partial charge in [-0.3, -0.25) is 4.79 Å². The van der Waals surface area contributed by atoms with Gasteiger partial charge in [0.05, 0.1) is 32.0 Å². The summed E-state index contributed by atoms with van der Waals surface area (Å²) >= 11 is 0. The van der Waals surface area contributed by atoms with Crippen molar-refractivity contribution in [3.63, 3.8) is 0 Å². The lowest BCUT2D eigenvalue weighted by atomic mass is 9.97. The van der Waals surface area contributed by atoms with E-state index in [1.807, 2.05) is 6.08 Å². The van der Waals surface area contributed by atoms with Gasteiger partial charge in [-0.2, -0.15) is 0 Å². The van der Waals surface area contributed by atoms with Crippen molar-refractivity contribution in [3.8, 4) is 0 Å². The molecule has 72 heavy (non-hydrogen) atoms. The van der Waals surface area contributed by atoms with E-state index in [4.69, 9.17) is 18.9 Å². The van der Waals surface area contributed by atoms with Crippen LogP contribution in [0.2, 0.25) is 0 Å². The second kappa shape index (κ2) is 44.6. The number of amides is 1. The molecule has 14 heteroatoms. The van der Waals surface area contributed by atoms with Crippen molar-refractivity contribution in [2.45, 2.75) is 319 Å². The molecule has 2 fully saturated rings. The summed E-state index contributed by atoms with van der Waals surface area (Å²) in [7, 11) is 0. The lowest BCUT2D eigenvalue weighted by Gasteiger charge is -2.46. The molecule has 2 aliphatic heterocycles. The molecule has 12 atom stereocenters. The van der Waals surface area contributed by atoms with Crippen LogP contribution in [0.15, 0.2) is 24.3 Å². The summed E-state index contributed by atoms with van der Waals surface area (Å²) in [6, 6.07) is -0.926. The molecule has 0 saturated carbocycles. The summed E-state index contributed by atoms with van der Waals surface area (Å²) in [6.07, 6.45) is 35.2. The Morgan fingerprint density at radius 2 is 0.889 bits per heavy atom. The number of aliphatic hydroxyl groups is 8. The first kappa shape index (κ1) is 66.6. The molecule has 2 aliphatic rings. The minimum Gasteiger partial charge on any atom is -0.394 e. The second-order valence-corrected chi connectivity index (χ2v) is 21.1. The number of ether oxygens (including phenoxy) is 4. The molecule has 0 aliphatic carbocycles. The standard InChI is InChI=1S/C58H109NO13/c1-3-5-7-9-11-13-15-17-18-19-20-21-22-23-24-25-26-27-28-30-32-34-36-38-40-42-50(63)59-46(47(62)41-39-37-35-33-31-29-16-14-12-10-8-6-4-2)45-69-57-55(68)53(66)56(49(44-61)71-57)72-58-54(67)52(65)51(64)48(43-60)70-58/h31,33,39,41,46-49,51-58,60-62,64-68H,3-30,32,34-38,40,42-45H2,1-2H3,(H,59,63)/b33-31+,41-39+. The number of carbonyl (C=O) groups is 1. The number of aliphatic hydroxyl groups excluding tert-OH is 8. The third-order valence-corrected chi connectivity index (χ3v) is 14.6. The molecule has 12 unspecified atom stereocenters. The molecule has 0 aromatic rings. The average Bonchev–Trinajstić information content (AvgIpc) is 3.38. The molecular formula is C58H109NO13. The number of allylic oxidation sites excluding steroid dienone is 3. The third kappa shape index (κ3) is 30.3. The van der Waals surface area contributed by atoms with E-state index in [1.54, 1.807) is 6.08 Å². The molecule has 424 valence electrons. The zero-order valence-electron chi connectivity index (χ0n) is 45.4. The Labute approximate surface area is 437 Å². The first-order chi connectivity index (χ1) is 35.1. The highest BCUT2D eigenvalue weighted by atomic mass is 16.7. The van der Waals surface area contributed by atoms with Gasteiger partial charge in [0.25, 0.3) is 0 Å². The topological polar surface area (TPSA) is 228 Å². The Hall–Kier alpha value is -1.53. The minimum absolute atomic E-state index is 0.246. The monoisotopic (exact) mass is 1030 g/mol. The van der Waals surface area contributed by atoms with Crippen molar-refractivity contribution in [2.24, 2.45) is 0 Å². The molecule has 0 radical (unpaired) electrons. The van der Waals surface area contributed by atoms with Crippen LogP contribution in [0, 0.1) is 0 Å². The highest BCUT2D eigenvalue weighted by Gasteiger charge is 2.51. The molecule has 1 amide bonds. The lowest BCUT2D eigenvalue weighted by molar-refractivity contribution is -0.359. The van der Waals surface area contributed by atoms with E-state index in [-0.39, 0.29) is 18.9 Å². The Kier molecular flexibility index (Phi) is 41.2. The van der Waals surface area contributed by atoms with Crippen LogP contribution in [-0.4, -0.2) is 140 Å². The fraction of sp³-hybridized carbons (Fsp3) is 0.914. The molecule has 0 aromatic carbocycles. The van der Waals surface area contributed by atoms with Crippen LogP contribution in [0.5, 0.6) is 0 Å². The summed E-state index contributed by atoms with van der Waals surface area (Å²) < 4.78 is 22.7. The van der Waals surface area contributed by atoms with Crippen LogP contribution >= 0.6 is 0 Å². The first-order valence-corrected chi connectivity index (χ1v) is 29.6. The van der Waals surface area contributed by atoms with E-state index < -0.39 is 86.8 Å². The number of rotatable bonds is 47. The van der Waals surface area contributed by atoms with E-state index >= 15 is 0 Å². The predicted molar refractivity (Wildman–Crippen MR) is 286 cm³/mol. The highest BCUT2D eigenvalue weighted by molar-refractivity contribution is 5.76. The summed E-state index contributed by atoms with van der Waals surface area (Å²) in [5.41, 5.74) is 0. The summed E-state index contributed by atoms with van der Waals surface area (Å²) in [4.78, 5) is 13.2. The van der Waals surface area contributed by atoms with Gasteiger partial charge in [-0.15, -0.1) is 0 Å². The minimum atomic E-state index is -1.79. The van der Waals surface area contributed by atoms with Gasteiger partial charge in [0.15, 0.2) is 12.6 Å². The Morgan fingerprint density at radius 3 is 1.36 bits per heavy atom. The van der Waals surface area contributed by atoms with Crippen molar-refractivity contribution in [1.29, 1.82) is 0 Å². The molecule has 2 heterocycles. The van der Waals surface area contributed by atoms with Gasteiger partial charge < -0.3 is 65.1 Å². The van der Waals surface area contributed by atoms with Gasteiger partial charge in [0, 0.05) is 6.42 Å². The Balaban J connectivity index is 1.72. The van der Waals surface area contributed by atoms with Gasteiger partial charge in [0.2, 0.25) is 5.91 Å². The summed E-state index contributed by atoms with van der Waals surface area (Å²) in [6.45, 7) is 2.78. The fourth-order valence-electron chi connectivity index (χ4n) is 9.84. The molecule has 0 spiro atoms. The van der Waals surface area contributed by atoms with E-state index in [0.29, 0.717) is 12.8 Å². The van der Waals surface area contributed by atoms with Crippen LogP contribution in [0.4, 0.5) is 0 Å². The van der Waals surface area contributed by atoms with Crippen molar-refractivity contribution in [3.05, 3.63) is 24.3 Å². The number of hydrogen-bond acceptors (Lipinski definition) is 13. The zero-order chi connectivity index (χ0) is 52.4. The SMILES string of the molecule is CCCCCCCCC/C=C/CC/C=C/C(O)C(COC1OC(CO)C(OC2OC(CO)C(O)C(O)C2O)C(O)C1O)NC(=O)CCCCCCCCCCCCCCCCCCCCCCCCCCC. The van der Waals surface area contributed by atoms with E-state index in [0.717, 1.165) is 32.1 Å². The first-order valence-electron chi connectivity index (χ1n) is 29.6. The maximum atomic E-state index is 13.2.